The molecule has 1 aliphatic rings. The second kappa shape index (κ2) is 6.28. The Balaban J connectivity index is 1.90. The van der Waals surface area contributed by atoms with E-state index in [2.05, 4.69) is 48.2 Å². The summed E-state index contributed by atoms with van der Waals surface area (Å²) in [5.74, 6) is 1.55. The molecule has 0 bridgehead atoms. The Morgan fingerprint density at radius 3 is 2.60 bits per heavy atom. The molecular weight excluding hydrogens is 312 g/mol. The van der Waals surface area contributed by atoms with Crippen molar-refractivity contribution in [2.45, 2.75) is 19.9 Å². The van der Waals surface area contributed by atoms with Crippen molar-refractivity contribution in [3.05, 3.63) is 59.3 Å². The molecule has 0 atom stereocenters. The lowest BCUT2D eigenvalue weighted by atomic mass is 10.1. The summed E-state index contributed by atoms with van der Waals surface area (Å²) in [4.78, 5) is 7.27. The first-order chi connectivity index (χ1) is 12.2. The molecule has 128 valence electrons. The quantitative estimate of drug-likeness (QED) is 0.719. The molecule has 4 rings (SSSR count). The van der Waals surface area contributed by atoms with Crippen molar-refractivity contribution in [3.8, 4) is 11.5 Å². The molecule has 2 heterocycles. The summed E-state index contributed by atoms with van der Waals surface area (Å²) in [5, 5.41) is 1.10. The van der Waals surface area contributed by atoms with Gasteiger partial charge in [0.05, 0.1) is 19.9 Å². The Labute approximate surface area is 148 Å². The van der Waals surface area contributed by atoms with Crippen LogP contribution in [-0.4, -0.2) is 25.7 Å². The molecule has 3 aromatic rings. The fourth-order valence-electron chi connectivity index (χ4n) is 3.70. The van der Waals surface area contributed by atoms with Crippen molar-refractivity contribution >= 4 is 16.6 Å². The summed E-state index contributed by atoms with van der Waals surface area (Å²) >= 11 is 0. The van der Waals surface area contributed by atoms with Gasteiger partial charge in [-0.05, 0) is 30.5 Å². The maximum Gasteiger partial charge on any atom is 0.148 e. The average Bonchev–Trinajstić information content (AvgIpc) is 3.06. The molecule has 0 N–H and O–H groups in total. The van der Waals surface area contributed by atoms with Crippen molar-refractivity contribution in [2.75, 3.05) is 25.7 Å². The molecule has 4 heteroatoms. The van der Waals surface area contributed by atoms with Gasteiger partial charge in [-0.15, -0.1) is 0 Å². The van der Waals surface area contributed by atoms with E-state index < -0.39 is 0 Å². The Hall–Kier alpha value is -2.75. The van der Waals surface area contributed by atoms with E-state index in [4.69, 9.17) is 14.5 Å². The molecule has 0 saturated carbocycles. The van der Waals surface area contributed by atoms with E-state index in [0.717, 1.165) is 47.6 Å². The molecule has 1 aliphatic heterocycles. The Kier molecular flexibility index (Phi) is 3.96. The minimum atomic E-state index is 0.756. The van der Waals surface area contributed by atoms with Gasteiger partial charge in [-0.25, -0.2) is 4.98 Å². The molecule has 1 aromatic heterocycles. The molecule has 0 amide bonds. The second-order valence-corrected chi connectivity index (χ2v) is 6.41. The van der Waals surface area contributed by atoms with Crippen LogP contribution in [0, 0.1) is 6.92 Å². The average molecular weight is 334 g/mol. The predicted molar refractivity (Wildman–Crippen MR) is 101 cm³/mol. The van der Waals surface area contributed by atoms with Crippen LogP contribution in [0.1, 0.15) is 16.8 Å². The number of pyridine rings is 1. The molecule has 2 aromatic carbocycles. The van der Waals surface area contributed by atoms with Crippen LogP contribution in [0.3, 0.4) is 0 Å². The number of aryl methyl sites for hydroxylation is 1. The van der Waals surface area contributed by atoms with Crippen LogP contribution < -0.4 is 14.4 Å². The maximum atomic E-state index is 5.58. The van der Waals surface area contributed by atoms with Gasteiger partial charge < -0.3 is 14.4 Å². The van der Waals surface area contributed by atoms with Gasteiger partial charge in [-0.3, -0.25) is 0 Å². The van der Waals surface area contributed by atoms with Gasteiger partial charge in [-0.2, -0.15) is 0 Å². The first-order valence-electron chi connectivity index (χ1n) is 8.55. The van der Waals surface area contributed by atoms with Gasteiger partial charge in [0.15, 0.2) is 0 Å². The first-order valence-corrected chi connectivity index (χ1v) is 8.55. The SMILES string of the molecule is COc1cc(OC)c2nc(C)c3c(c2c1)N(Cc1ccccc1)CC3. The summed E-state index contributed by atoms with van der Waals surface area (Å²) in [5.41, 5.74) is 5.90. The largest absolute Gasteiger partial charge is 0.497 e. The summed E-state index contributed by atoms with van der Waals surface area (Å²) in [7, 11) is 3.37. The monoisotopic (exact) mass is 334 g/mol. The van der Waals surface area contributed by atoms with E-state index in [0.29, 0.717) is 0 Å². The molecule has 0 unspecified atom stereocenters. The van der Waals surface area contributed by atoms with Gasteiger partial charge in [0.1, 0.15) is 17.0 Å². The van der Waals surface area contributed by atoms with Gasteiger partial charge >= 0.3 is 0 Å². The highest BCUT2D eigenvalue weighted by atomic mass is 16.5. The second-order valence-electron chi connectivity index (χ2n) is 6.41. The number of rotatable bonds is 4. The number of nitrogens with zero attached hydrogens (tertiary/aromatic N) is 2. The van der Waals surface area contributed by atoms with Crippen LogP contribution in [0.4, 0.5) is 5.69 Å². The predicted octanol–water partition coefficient (Wildman–Crippen LogP) is 4.12. The number of hydrogen-bond acceptors (Lipinski definition) is 4. The Bertz CT molecular complexity index is 922. The van der Waals surface area contributed by atoms with E-state index in [1.807, 2.05) is 6.07 Å². The molecule has 4 nitrogen and oxygen atoms in total. The fourth-order valence-corrected chi connectivity index (χ4v) is 3.70. The van der Waals surface area contributed by atoms with Crippen LogP contribution in [-0.2, 0) is 13.0 Å². The number of ether oxygens (including phenoxy) is 2. The lowest BCUT2D eigenvalue weighted by Crippen LogP contribution is -2.20. The standard InChI is InChI=1S/C21H22N2O2/c1-14-17-9-10-23(13-15-7-5-4-6-8-15)21(17)18-11-16(24-2)12-19(25-3)20(18)22-14/h4-8,11-12H,9-10,13H2,1-3H3. The van der Waals surface area contributed by atoms with Crippen LogP contribution in [0.15, 0.2) is 42.5 Å². The number of anilines is 1. The highest BCUT2D eigenvalue weighted by Gasteiger charge is 2.26. The van der Waals surface area contributed by atoms with Gasteiger partial charge in [-0.1, -0.05) is 30.3 Å². The Morgan fingerprint density at radius 2 is 1.88 bits per heavy atom. The van der Waals surface area contributed by atoms with Crippen LogP contribution >= 0.6 is 0 Å². The van der Waals surface area contributed by atoms with Crippen molar-refractivity contribution in [1.29, 1.82) is 0 Å². The molecule has 0 fully saturated rings. The number of fused-ring (bicyclic) bond motifs is 3. The van der Waals surface area contributed by atoms with Crippen molar-refractivity contribution < 1.29 is 9.47 Å². The van der Waals surface area contributed by atoms with Crippen LogP contribution in [0.2, 0.25) is 0 Å². The zero-order valence-corrected chi connectivity index (χ0v) is 14.9. The van der Waals surface area contributed by atoms with Crippen LogP contribution in [0.5, 0.6) is 11.5 Å². The number of benzene rings is 2. The minimum Gasteiger partial charge on any atom is -0.497 e. The molecular formula is C21H22N2O2. The third-order valence-corrected chi connectivity index (χ3v) is 4.93. The summed E-state index contributed by atoms with van der Waals surface area (Å²) in [6, 6.07) is 14.6. The zero-order valence-electron chi connectivity index (χ0n) is 14.9. The topological polar surface area (TPSA) is 34.6 Å². The molecule has 0 spiro atoms. The number of hydrogen-bond donors (Lipinski definition) is 0. The minimum absolute atomic E-state index is 0.756. The number of aromatic nitrogens is 1. The van der Waals surface area contributed by atoms with Gasteiger partial charge in [0.25, 0.3) is 0 Å². The fraction of sp³-hybridized carbons (Fsp3) is 0.286. The zero-order chi connectivity index (χ0) is 17.4. The van der Waals surface area contributed by atoms with E-state index in [1.54, 1.807) is 14.2 Å². The molecule has 0 saturated heterocycles. The van der Waals surface area contributed by atoms with Gasteiger partial charge in [0, 0.05) is 30.2 Å². The summed E-state index contributed by atoms with van der Waals surface area (Å²) < 4.78 is 11.1. The third-order valence-electron chi connectivity index (χ3n) is 4.93. The maximum absolute atomic E-state index is 5.58. The highest BCUT2D eigenvalue weighted by molar-refractivity contribution is 5.99. The molecule has 0 aliphatic carbocycles. The lowest BCUT2D eigenvalue weighted by Gasteiger charge is -2.22. The Morgan fingerprint density at radius 1 is 1.08 bits per heavy atom. The van der Waals surface area contributed by atoms with E-state index in [1.165, 1.54) is 16.8 Å². The highest BCUT2D eigenvalue weighted by Crippen LogP contribution is 2.42. The lowest BCUT2D eigenvalue weighted by molar-refractivity contribution is 0.397. The van der Waals surface area contributed by atoms with E-state index >= 15 is 0 Å². The van der Waals surface area contributed by atoms with E-state index in [9.17, 15) is 0 Å². The van der Waals surface area contributed by atoms with Crippen molar-refractivity contribution in [3.63, 3.8) is 0 Å². The first kappa shape index (κ1) is 15.8. The van der Waals surface area contributed by atoms with Crippen molar-refractivity contribution in [2.24, 2.45) is 0 Å². The smallest absolute Gasteiger partial charge is 0.148 e. The molecule has 0 radical (unpaired) electrons. The van der Waals surface area contributed by atoms with E-state index in [-0.39, 0.29) is 0 Å². The third kappa shape index (κ3) is 2.68. The van der Waals surface area contributed by atoms with Gasteiger partial charge in [0.2, 0.25) is 0 Å². The van der Waals surface area contributed by atoms with Crippen LogP contribution in [0.25, 0.3) is 10.9 Å². The molecule has 25 heavy (non-hydrogen) atoms. The van der Waals surface area contributed by atoms with Crippen molar-refractivity contribution in [1.82, 2.24) is 4.98 Å². The summed E-state index contributed by atoms with van der Waals surface area (Å²) in [6.07, 6.45) is 1.02. The normalized spacial score (nSPS) is 13.2. The summed E-state index contributed by atoms with van der Waals surface area (Å²) in [6.45, 7) is 3.99. The number of methoxy groups -OCH3 is 2.